The normalized spacial score (nSPS) is 11.6. The maximum Gasteiger partial charge on any atom is 0.251 e. The minimum atomic E-state index is -0.179. The van der Waals surface area contributed by atoms with Gasteiger partial charge in [-0.2, -0.15) is 0 Å². The molecule has 0 saturated heterocycles. The van der Waals surface area contributed by atoms with Crippen molar-refractivity contribution in [2.75, 3.05) is 6.54 Å². The number of hydrogen-bond acceptors (Lipinski definition) is 2. The third kappa shape index (κ3) is 5.42. The molecule has 0 aliphatic heterocycles. The van der Waals surface area contributed by atoms with Gasteiger partial charge in [0.1, 0.15) is 0 Å². The van der Waals surface area contributed by atoms with Crippen LogP contribution < -0.4 is 10.6 Å². The topological polar surface area (TPSA) is 58.2 Å². The Morgan fingerprint density at radius 3 is 2.52 bits per heavy atom. The van der Waals surface area contributed by atoms with E-state index in [2.05, 4.69) is 10.6 Å². The molecule has 5 heteroatoms. The van der Waals surface area contributed by atoms with Crippen LogP contribution in [0.3, 0.4) is 0 Å². The number of benzene rings is 2. The molecular formula is C18H19ClN2O2. The molecule has 0 fully saturated rings. The van der Waals surface area contributed by atoms with E-state index in [1.165, 1.54) is 0 Å². The van der Waals surface area contributed by atoms with Crippen molar-refractivity contribution in [2.24, 2.45) is 0 Å². The Labute approximate surface area is 140 Å². The van der Waals surface area contributed by atoms with Crippen molar-refractivity contribution >= 4 is 23.4 Å². The molecule has 0 aliphatic rings. The lowest BCUT2D eigenvalue weighted by atomic mass is 10.1. The molecule has 2 N–H and O–H groups in total. The SMILES string of the molecule is C[C@@H](NC(=O)CCNC(=O)c1ccccc1)c1cccc(Cl)c1. The number of carbonyl (C=O) groups excluding carboxylic acids is 2. The first-order chi connectivity index (χ1) is 11.1. The Morgan fingerprint density at radius 2 is 1.83 bits per heavy atom. The van der Waals surface area contributed by atoms with Crippen molar-refractivity contribution in [1.82, 2.24) is 10.6 Å². The van der Waals surface area contributed by atoms with Gasteiger partial charge in [0, 0.05) is 23.6 Å². The van der Waals surface area contributed by atoms with Crippen LogP contribution in [0, 0.1) is 0 Å². The third-order valence-corrected chi connectivity index (χ3v) is 3.63. The van der Waals surface area contributed by atoms with E-state index in [-0.39, 0.29) is 24.3 Å². The molecule has 2 rings (SSSR count). The molecule has 1 atom stereocenters. The summed E-state index contributed by atoms with van der Waals surface area (Å²) in [5, 5.41) is 6.26. The molecule has 23 heavy (non-hydrogen) atoms. The van der Waals surface area contributed by atoms with Crippen molar-refractivity contribution in [3.8, 4) is 0 Å². The first kappa shape index (κ1) is 17.0. The predicted molar refractivity (Wildman–Crippen MR) is 91.4 cm³/mol. The molecule has 0 heterocycles. The molecule has 0 spiro atoms. The second kappa shape index (κ2) is 8.34. The smallest absolute Gasteiger partial charge is 0.251 e. The van der Waals surface area contributed by atoms with Gasteiger partial charge in [-0.25, -0.2) is 0 Å². The molecule has 0 aliphatic carbocycles. The summed E-state index contributed by atoms with van der Waals surface area (Å²) in [6.45, 7) is 2.19. The number of hydrogen-bond donors (Lipinski definition) is 2. The van der Waals surface area contributed by atoms with Crippen LogP contribution in [0.4, 0.5) is 0 Å². The van der Waals surface area contributed by atoms with Crippen LogP contribution in [0.2, 0.25) is 5.02 Å². The van der Waals surface area contributed by atoms with E-state index in [0.29, 0.717) is 17.1 Å². The van der Waals surface area contributed by atoms with Gasteiger partial charge in [0.15, 0.2) is 0 Å². The number of carbonyl (C=O) groups is 2. The summed E-state index contributed by atoms with van der Waals surface area (Å²) in [5.74, 6) is -0.299. The summed E-state index contributed by atoms with van der Waals surface area (Å²) in [5.41, 5.74) is 1.53. The van der Waals surface area contributed by atoms with Crippen LogP contribution in [0.5, 0.6) is 0 Å². The van der Waals surface area contributed by atoms with E-state index >= 15 is 0 Å². The second-order valence-electron chi connectivity index (χ2n) is 5.22. The lowest BCUT2D eigenvalue weighted by Gasteiger charge is -2.14. The summed E-state index contributed by atoms with van der Waals surface area (Å²) in [7, 11) is 0. The standard InChI is InChI=1S/C18H19ClN2O2/c1-13(15-8-5-9-16(19)12-15)21-17(22)10-11-20-18(23)14-6-3-2-4-7-14/h2-9,12-13H,10-11H2,1H3,(H,20,23)(H,21,22)/t13-/m1/s1. The second-order valence-corrected chi connectivity index (χ2v) is 5.65. The minimum absolute atomic E-state index is 0.120. The van der Waals surface area contributed by atoms with Crippen LogP contribution in [0.15, 0.2) is 54.6 Å². The molecule has 2 aromatic carbocycles. The van der Waals surface area contributed by atoms with E-state index < -0.39 is 0 Å². The molecule has 120 valence electrons. The van der Waals surface area contributed by atoms with Gasteiger partial charge in [0.05, 0.1) is 6.04 Å². The van der Waals surface area contributed by atoms with Crippen molar-refractivity contribution in [1.29, 1.82) is 0 Å². The van der Waals surface area contributed by atoms with Crippen molar-refractivity contribution in [2.45, 2.75) is 19.4 Å². The molecule has 2 aromatic rings. The van der Waals surface area contributed by atoms with Crippen molar-refractivity contribution in [3.05, 3.63) is 70.7 Å². The molecule has 0 unspecified atom stereocenters. The van der Waals surface area contributed by atoms with Crippen LogP contribution >= 0.6 is 11.6 Å². The van der Waals surface area contributed by atoms with Crippen LogP contribution in [0.1, 0.15) is 35.3 Å². The van der Waals surface area contributed by atoms with Gasteiger partial charge in [-0.1, -0.05) is 41.9 Å². The number of rotatable bonds is 6. The lowest BCUT2D eigenvalue weighted by molar-refractivity contribution is -0.121. The summed E-state index contributed by atoms with van der Waals surface area (Å²) in [4.78, 5) is 23.8. The van der Waals surface area contributed by atoms with E-state index in [0.717, 1.165) is 5.56 Å². The van der Waals surface area contributed by atoms with Gasteiger partial charge in [-0.3, -0.25) is 9.59 Å². The quantitative estimate of drug-likeness (QED) is 0.853. The van der Waals surface area contributed by atoms with E-state index in [4.69, 9.17) is 11.6 Å². The zero-order valence-corrected chi connectivity index (χ0v) is 13.6. The summed E-state index contributed by atoms with van der Waals surface area (Å²) < 4.78 is 0. The Kier molecular flexibility index (Phi) is 6.18. The van der Waals surface area contributed by atoms with Gasteiger partial charge in [0.2, 0.25) is 5.91 Å². The van der Waals surface area contributed by atoms with Gasteiger partial charge >= 0.3 is 0 Å². The average Bonchev–Trinajstić information content (AvgIpc) is 2.55. The summed E-state index contributed by atoms with van der Waals surface area (Å²) >= 11 is 5.94. The number of amides is 2. The zero-order chi connectivity index (χ0) is 16.7. The molecule has 0 aromatic heterocycles. The fraction of sp³-hybridized carbons (Fsp3) is 0.222. The Bertz CT molecular complexity index is 674. The monoisotopic (exact) mass is 330 g/mol. The highest BCUT2D eigenvalue weighted by molar-refractivity contribution is 6.30. The van der Waals surface area contributed by atoms with E-state index in [9.17, 15) is 9.59 Å². The molecular weight excluding hydrogens is 312 g/mol. The molecule has 4 nitrogen and oxygen atoms in total. The maximum absolute atomic E-state index is 11.9. The maximum atomic E-state index is 11.9. The third-order valence-electron chi connectivity index (χ3n) is 3.40. The zero-order valence-electron chi connectivity index (χ0n) is 12.9. The fourth-order valence-electron chi connectivity index (χ4n) is 2.15. The van der Waals surface area contributed by atoms with Crippen LogP contribution in [0.25, 0.3) is 0 Å². The highest BCUT2D eigenvalue weighted by Crippen LogP contribution is 2.17. The minimum Gasteiger partial charge on any atom is -0.352 e. The highest BCUT2D eigenvalue weighted by Gasteiger charge is 2.10. The summed E-state index contributed by atoms with van der Waals surface area (Å²) in [6.07, 6.45) is 0.226. The Hall–Kier alpha value is -2.33. The average molecular weight is 331 g/mol. The van der Waals surface area contributed by atoms with Crippen LogP contribution in [-0.2, 0) is 4.79 Å². The Morgan fingerprint density at radius 1 is 1.09 bits per heavy atom. The Balaban J connectivity index is 1.76. The number of nitrogens with one attached hydrogen (secondary N) is 2. The van der Waals surface area contributed by atoms with Crippen molar-refractivity contribution < 1.29 is 9.59 Å². The van der Waals surface area contributed by atoms with Gasteiger partial charge < -0.3 is 10.6 Å². The number of halogens is 1. The summed E-state index contributed by atoms with van der Waals surface area (Å²) in [6, 6.07) is 16.2. The lowest BCUT2D eigenvalue weighted by Crippen LogP contribution is -2.32. The first-order valence-corrected chi connectivity index (χ1v) is 7.82. The highest BCUT2D eigenvalue weighted by atomic mass is 35.5. The first-order valence-electron chi connectivity index (χ1n) is 7.44. The molecule has 0 bridgehead atoms. The van der Waals surface area contributed by atoms with Gasteiger partial charge in [-0.15, -0.1) is 0 Å². The van der Waals surface area contributed by atoms with Gasteiger partial charge in [-0.05, 0) is 36.8 Å². The predicted octanol–water partition coefficient (Wildman–Crippen LogP) is 3.34. The molecule has 2 amide bonds. The van der Waals surface area contributed by atoms with E-state index in [1.54, 1.807) is 30.3 Å². The van der Waals surface area contributed by atoms with Gasteiger partial charge in [0.25, 0.3) is 5.91 Å². The largest absolute Gasteiger partial charge is 0.352 e. The van der Waals surface area contributed by atoms with Crippen molar-refractivity contribution in [3.63, 3.8) is 0 Å². The van der Waals surface area contributed by atoms with E-state index in [1.807, 2.05) is 31.2 Å². The molecule has 0 radical (unpaired) electrons. The van der Waals surface area contributed by atoms with Crippen LogP contribution in [-0.4, -0.2) is 18.4 Å². The fourth-order valence-corrected chi connectivity index (χ4v) is 2.35. The molecule has 0 saturated carbocycles.